The van der Waals surface area contributed by atoms with Crippen LogP contribution in [0.4, 0.5) is 5.69 Å². The van der Waals surface area contributed by atoms with Crippen LogP contribution in [0.2, 0.25) is 5.02 Å². The Bertz CT molecular complexity index is 577. The minimum Gasteiger partial charge on any atom is -0.355 e. The normalized spacial score (nSPS) is 18.3. The number of amides is 2. The summed E-state index contributed by atoms with van der Waals surface area (Å²) in [7, 11) is 1.54. The monoisotopic (exact) mass is 276 g/mol. The van der Waals surface area contributed by atoms with Gasteiger partial charge in [0, 0.05) is 31.6 Å². The number of terminal acetylenes is 1. The van der Waals surface area contributed by atoms with Crippen molar-refractivity contribution >= 4 is 29.1 Å². The number of carbonyl (C=O) groups excluding carboxylic acids is 2. The standard InChI is InChI=1S/C14H13ClN2O2/c1-3-9-6-13(18)17(8-9)10-4-5-11(12(15)7-10)14(19)16-2/h1,4-5,7,9H,6,8H2,2H3,(H,16,19). The molecule has 1 atom stereocenters. The molecule has 0 spiro atoms. The van der Waals surface area contributed by atoms with Crippen LogP contribution in [0.15, 0.2) is 18.2 Å². The highest BCUT2D eigenvalue weighted by atomic mass is 35.5. The summed E-state index contributed by atoms with van der Waals surface area (Å²) in [5.41, 5.74) is 1.05. The molecule has 1 aromatic rings. The molecule has 98 valence electrons. The van der Waals surface area contributed by atoms with E-state index in [4.69, 9.17) is 18.0 Å². The van der Waals surface area contributed by atoms with Gasteiger partial charge in [-0.05, 0) is 18.2 Å². The van der Waals surface area contributed by atoms with Crippen LogP contribution in [0, 0.1) is 18.3 Å². The summed E-state index contributed by atoms with van der Waals surface area (Å²) in [5.74, 6) is 2.24. The van der Waals surface area contributed by atoms with Crippen molar-refractivity contribution in [3.8, 4) is 12.3 Å². The molecule has 5 heteroatoms. The Balaban J connectivity index is 2.28. The zero-order chi connectivity index (χ0) is 14.0. The number of hydrogen-bond donors (Lipinski definition) is 1. The lowest BCUT2D eigenvalue weighted by molar-refractivity contribution is -0.117. The first kappa shape index (κ1) is 13.4. The summed E-state index contributed by atoms with van der Waals surface area (Å²) in [6, 6.07) is 4.92. The van der Waals surface area contributed by atoms with E-state index in [9.17, 15) is 9.59 Å². The van der Waals surface area contributed by atoms with Gasteiger partial charge in [-0.25, -0.2) is 0 Å². The number of halogens is 1. The first-order valence-corrected chi connectivity index (χ1v) is 6.22. The number of benzene rings is 1. The zero-order valence-corrected chi connectivity index (χ0v) is 11.2. The van der Waals surface area contributed by atoms with Gasteiger partial charge in [0.1, 0.15) is 0 Å². The second-order valence-corrected chi connectivity index (χ2v) is 4.72. The second-order valence-electron chi connectivity index (χ2n) is 4.32. The van der Waals surface area contributed by atoms with Gasteiger partial charge in [0.2, 0.25) is 5.91 Å². The zero-order valence-electron chi connectivity index (χ0n) is 10.4. The van der Waals surface area contributed by atoms with E-state index in [0.717, 1.165) is 0 Å². The lowest BCUT2D eigenvalue weighted by Crippen LogP contribution is -2.25. The molecule has 0 saturated carbocycles. The molecule has 0 radical (unpaired) electrons. The van der Waals surface area contributed by atoms with Gasteiger partial charge in [-0.15, -0.1) is 12.3 Å². The SMILES string of the molecule is C#CC1CC(=O)N(c2ccc(C(=O)NC)c(Cl)c2)C1. The molecule has 19 heavy (non-hydrogen) atoms. The number of carbonyl (C=O) groups is 2. The molecule has 1 saturated heterocycles. The summed E-state index contributed by atoms with van der Waals surface area (Å²) in [5, 5.41) is 2.82. The molecule has 0 bridgehead atoms. The molecule has 1 aromatic carbocycles. The molecule has 1 unspecified atom stereocenters. The summed E-state index contributed by atoms with van der Waals surface area (Å²) in [6.45, 7) is 0.491. The predicted molar refractivity (Wildman–Crippen MR) is 74.1 cm³/mol. The van der Waals surface area contributed by atoms with E-state index in [1.807, 2.05) is 0 Å². The van der Waals surface area contributed by atoms with E-state index >= 15 is 0 Å². The van der Waals surface area contributed by atoms with Crippen LogP contribution >= 0.6 is 11.6 Å². The minimum absolute atomic E-state index is 0.0216. The van der Waals surface area contributed by atoms with E-state index in [-0.39, 0.29) is 17.7 Å². The first-order chi connectivity index (χ1) is 9.06. The number of nitrogens with one attached hydrogen (secondary N) is 1. The maximum Gasteiger partial charge on any atom is 0.252 e. The largest absolute Gasteiger partial charge is 0.355 e. The second kappa shape index (κ2) is 5.33. The molecular weight excluding hydrogens is 264 g/mol. The van der Waals surface area contributed by atoms with Gasteiger partial charge in [-0.3, -0.25) is 9.59 Å². The highest BCUT2D eigenvalue weighted by molar-refractivity contribution is 6.34. The minimum atomic E-state index is -0.259. The highest BCUT2D eigenvalue weighted by Crippen LogP contribution is 2.28. The average molecular weight is 277 g/mol. The van der Waals surface area contributed by atoms with E-state index in [1.54, 1.807) is 23.1 Å². The van der Waals surface area contributed by atoms with Crippen LogP contribution < -0.4 is 10.2 Å². The molecule has 0 aromatic heterocycles. The third kappa shape index (κ3) is 2.56. The van der Waals surface area contributed by atoms with Crippen molar-refractivity contribution in [3.05, 3.63) is 28.8 Å². The Morgan fingerprint density at radius 3 is 2.84 bits per heavy atom. The van der Waals surface area contributed by atoms with Crippen molar-refractivity contribution < 1.29 is 9.59 Å². The maximum absolute atomic E-state index is 11.8. The van der Waals surface area contributed by atoms with Crippen molar-refractivity contribution in [1.29, 1.82) is 0 Å². The van der Waals surface area contributed by atoms with Crippen LogP contribution in [-0.4, -0.2) is 25.4 Å². The maximum atomic E-state index is 11.8. The average Bonchev–Trinajstić information content (AvgIpc) is 2.79. The molecule has 2 rings (SSSR count). The third-order valence-corrected chi connectivity index (χ3v) is 3.41. The fourth-order valence-electron chi connectivity index (χ4n) is 2.06. The fourth-order valence-corrected chi connectivity index (χ4v) is 2.32. The molecule has 2 amide bonds. The molecule has 1 fully saturated rings. The molecule has 1 N–H and O–H groups in total. The van der Waals surface area contributed by atoms with E-state index in [2.05, 4.69) is 11.2 Å². The summed E-state index contributed by atoms with van der Waals surface area (Å²) >= 11 is 6.06. The fraction of sp³-hybridized carbons (Fsp3) is 0.286. The van der Waals surface area contributed by atoms with Gasteiger partial charge < -0.3 is 10.2 Å². The van der Waals surface area contributed by atoms with Crippen molar-refractivity contribution in [2.75, 3.05) is 18.5 Å². The van der Waals surface area contributed by atoms with Crippen molar-refractivity contribution in [2.45, 2.75) is 6.42 Å². The quantitative estimate of drug-likeness (QED) is 0.836. The first-order valence-electron chi connectivity index (χ1n) is 5.85. The van der Waals surface area contributed by atoms with E-state index < -0.39 is 0 Å². The van der Waals surface area contributed by atoms with Crippen LogP contribution in [0.1, 0.15) is 16.8 Å². The Morgan fingerprint density at radius 1 is 1.58 bits per heavy atom. The van der Waals surface area contributed by atoms with E-state index in [0.29, 0.717) is 29.2 Å². The van der Waals surface area contributed by atoms with Crippen LogP contribution in [-0.2, 0) is 4.79 Å². The number of anilines is 1. The Hall–Kier alpha value is -1.99. The molecule has 1 heterocycles. The Labute approximate surface area is 116 Å². The molecule has 4 nitrogen and oxygen atoms in total. The van der Waals surface area contributed by atoms with Crippen LogP contribution in [0.3, 0.4) is 0 Å². The lowest BCUT2D eigenvalue weighted by Gasteiger charge is -2.17. The highest BCUT2D eigenvalue weighted by Gasteiger charge is 2.29. The number of nitrogens with zero attached hydrogens (tertiary/aromatic N) is 1. The Morgan fingerprint density at radius 2 is 2.32 bits per heavy atom. The molecule has 1 aliphatic rings. The van der Waals surface area contributed by atoms with Gasteiger partial charge in [-0.1, -0.05) is 11.6 Å². The third-order valence-electron chi connectivity index (χ3n) is 3.10. The Kier molecular flexibility index (Phi) is 3.77. The smallest absolute Gasteiger partial charge is 0.252 e. The molecule has 0 aliphatic carbocycles. The van der Waals surface area contributed by atoms with Crippen molar-refractivity contribution in [2.24, 2.45) is 5.92 Å². The number of hydrogen-bond acceptors (Lipinski definition) is 2. The van der Waals surface area contributed by atoms with Gasteiger partial charge in [0.15, 0.2) is 0 Å². The predicted octanol–water partition coefficient (Wildman–Crippen LogP) is 1.69. The number of rotatable bonds is 2. The lowest BCUT2D eigenvalue weighted by atomic mass is 10.1. The van der Waals surface area contributed by atoms with Crippen LogP contribution in [0.5, 0.6) is 0 Å². The molecule has 1 aliphatic heterocycles. The topological polar surface area (TPSA) is 49.4 Å². The van der Waals surface area contributed by atoms with Gasteiger partial charge >= 0.3 is 0 Å². The summed E-state index contributed by atoms with van der Waals surface area (Å²) in [4.78, 5) is 25.0. The molecular formula is C14H13ClN2O2. The van der Waals surface area contributed by atoms with Gasteiger partial charge in [-0.2, -0.15) is 0 Å². The van der Waals surface area contributed by atoms with Gasteiger partial charge in [0.05, 0.1) is 10.6 Å². The van der Waals surface area contributed by atoms with Crippen molar-refractivity contribution in [3.63, 3.8) is 0 Å². The summed E-state index contributed by atoms with van der Waals surface area (Å²) < 4.78 is 0. The van der Waals surface area contributed by atoms with Crippen LogP contribution in [0.25, 0.3) is 0 Å². The summed E-state index contributed by atoms with van der Waals surface area (Å²) in [6.07, 6.45) is 5.69. The van der Waals surface area contributed by atoms with Gasteiger partial charge in [0.25, 0.3) is 5.91 Å². The van der Waals surface area contributed by atoms with Crippen molar-refractivity contribution in [1.82, 2.24) is 5.32 Å². The van der Waals surface area contributed by atoms with E-state index in [1.165, 1.54) is 7.05 Å².